The first-order chi connectivity index (χ1) is 20.8. The minimum atomic E-state index is 0.715. The van der Waals surface area contributed by atoms with Gasteiger partial charge in [-0.2, -0.15) is 0 Å². The lowest BCUT2D eigenvalue weighted by Crippen LogP contribution is -1.95. The molecule has 0 aromatic carbocycles. The Hall–Kier alpha value is 0. The number of hydrogen-bond donors (Lipinski definition) is 0. The molecule has 0 aliphatic rings. The van der Waals surface area contributed by atoms with Crippen LogP contribution in [-0.2, 0) is 0 Å². The van der Waals surface area contributed by atoms with Crippen molar-refractivity contribution in [1.82, 2.24) is 0 Å². The van der Waals surface area contributed by atoms with Crippen molar-refractivity contribution in [3.63, 3.8) is 0 Å². The smallest absolute Gasteiger partial charge is 0.0414 e. The Balaban J connectivity index is 3.13. The highest BCUT2D eigenvalue weighted by Gasteiger charge is 2.03. The summed E-state index contributed by atoms with van der Waals surface area (Å²) in [7, 11) is 0. The lowest BCUT2D eigenvalue weighted by molar-refractivity contribution is 0.459. The van der Waals surface area contributed by atoms with Gasteiger partial charge in [0.1, 0.15) is 0 Å². The van der Waals surface area contributed by atoms with Gasteiger partial charge in [-0.3, -0.25) is 0 Å². The van der Waals surface area contributed by atoms with Crippen molar-refractivity contribution in [2.45, 2.75) is 258 Å². The first-order valence-corrected chi connectivity index (χ1v) is 20.6. The van der Waals surface area contributed by atoms with Crippen molar-refractivity contribution in [2.75, 3.05) is 0 Å². The van der Waals surface area contributed by atoms with Crippen LogP contribution in [0.1, 0.15) is 258 Å². The fraction of sp³-hybridized carbons (Fsp3) is 0.976. The van der Waals surface area contributed by atoms with Gasteiger partial charge < -0.3 is 0 Å². The molecule has 0 atom stereocenters. The zero-order valence-corrected chi connectivity index (χ0v) is 30.2. The second kappa shape index (κ2) is 39.0. The van der Waals surface area contributed by atoms with Gasteiger partial charge in [0.2, 0.25) is 0 Å². The Morgan fingerprint density at radius 2 is 0.381 bits per heavy atom. The average Bonchev–Trinajstić information content (AvgIpc) is 3.00. The van der Waals surface area contributed by atoms with E-state index in [1.807, 2.05) is 0 Å². The molecule has 0 spiro atoms. The largest absolute Gasteiger partial charge is 0.0654 e. The highest BCUT2D eigenvalue weighted by Crippen LogP contribution is 2.20. The number of rotatable bonds is 38. The van der Waals surface area contributed by atoms with E-state index in [2.05, 4.69) is 20.8 Å². The first kappa shape index (κ1) is 42.0. The minimum Gasteiger partial charge on any atom is -0.0654 e. The van der Waals surface area contributed by atoms with E-state index in [-0.39, 0.29) is 0 Å². The maximum absolute atomic E-state index is 4.47. The van der Waals surface area contributed by atoms with E-state index in [0.717, 1.165) is 0 Å². The van der Waals surface area contributed by atoms with Crippen molar-refractivity contribution in [2.24, 2.45) is 5.92 Å². The lowest BCUT2D eigenvalue weighted by atomic mass is 9.95. The molecular weight excluding hydrogens is 504 g/mol. The van der Waals surface area contributed by atoms with Crippen LogP contribution < -0.4 is 0 Å². The Labute approximate surface area is 270 Å². The fourth-order valence-corrected chi connectivity index (χ4v) is 6.81. The second-order valence-electron chi connectivity index (χ2n) is 14.5. The fourth-order valence-electron chi connectivity index (χ4n) is 6.81. The van der Waals surface area contributed by atoms with E-state index in [1.54, 1.807) is 0 Å². The third kappa shape index (κ3) is 38.0. The van der Waals surface area contributed by atoms with Crippen LogP contribution in [0, 0.1) is 12.8 Å². The van der Waals surface area contributed by atoms with Crippen LogP contribution in [-0.4, -0.2) is 0 Å². The van der Waals surface area contributed by atoms with Crippen LogP contribution in [0.4, 0.5) is 0 Å². The molecular formula is C42H85. The second-order valence-corrected chi connectivity index (χ2v) is 14.5. The summed E-state index contributed by atoms with van der Waals surface area (Å²) in [5, 5.41) is 0. The van der Waals surface area contributed by atoms with Gasteiger partial charge in [-0.15, -0.1) is 0 Å². The number of hydrogen-bond acceptors (Lipinski definition) is 0. The van der Waals surface area contributed by atoms with Gasteiger partial charge in [0, 0.05) is 0 Å². The molecule has 0 N–H and O–H groups in total. The topological polar surface area (TPSA) is 0 Å². The van der Waals surface area contributed by atoms with Crippen molar-refractivity contribution < 1.29 is 0 Å². The molecule has 0 aliphatic heterocycles. The number of unbranched alkanes of at least 4 members (excludes halogenated alkanes) is 34. The normalized spacial score (nSPS) is 11.7. The molecule has 42 heavy (non-hydrogen) atoms. The minimum absolute atomic E-state index is 0.715. The molecule has 0 aliphatic carbocycles. The van der Waals surface area contributed by atoms with Crippen LogP contribution in [0.5, 0.6) is 0 Å². The highest BCUT2D eigenvalue weighted by molar-refractivity contribution is 4.62. The predicted molar refractivity (Wildman–Crippen MR) is 196 cm³/mol. The summed E-state index contributed by atoms with van der Waals surface area (Å²) in [6.45, 7) is 9.08. The van der Waals surface area contributed by atoms with Crippen molar-refractivity contribution in [3.05, 3.63) is 6.92 Å². The van der Waals surface area contributed by atoms with E-state index >= 15 is 0 Å². The van der Waals surface area contributed by atoms with Crippen LogP contribution >= 0.6 is 0 Å². The molecule has 0 rings (SSSR count). The molecule has 0 saturated heterocycles. The van der Waals surface area contributed by atoms with Crippen LogP contribution in [0.2, 0.25) is 0 Å². The Kier molecular flexibility index (Phi) is 39.0. The van der Waals surface area contributed by atoms with Crippen LogP contribution in [0.3, 0.4) is 0 Å². The van der Waals surface area contributed by atoms with Crippen molar-refractivity contribution in [3.8, 4) is 0 Å². The highest BCUT2D eigenvalue weighted by atomic mass is 14.1. The summed E-state index contributed by atoms with van der Waals surface area (Å²) < 4.78 is 0. The molecule has 0 heteroatoms. The van der Waals surface area contributed by atoms with Crippen LogP contribution in [0.25, 0.3) is 0 Å². The van der Waals surface area contributed by atoms with Gasteiger partial charge in [0.15, 0.2) is 0 Å². The molecule has 0 amide bonds. The Morgan fingerprint density at radius 3 is 0.548 bits per heavy atom. The third-order valence-corrected chi connectivity index (χ3v) is 9.93. The predicted octanol–water partition coefficient (Wildman–Crippen LogP) is 16.3. The molecule has 0 nitrogen and oxygen atoms in total. The first-order valence-electron chi connectivity index (χ1n) is 20.6. The summed E-state index contributed by atoms with van der Waals surface area (Å²) in [6.07, 6.45) is 55.5. The molecule has 0 aromatic rings. The third-order valence-electron chi connectivity index (χ3n) is 9.93. The molecule has 253 valence electrons. The van der Waals surface area contributed by atoms with E-state index < -0.39 is 0 Å². The van der Waals surface area contributed by atoms with Crippen molar-refractivity contribution >= 4 is 0 Å². The summed E-state index contributed by atoms with van der Waals surface area (Å²) in [4.78, 5) is 0. The van der Waals surface area contributed by atoms with Gasteiger partial charge in [-0.25, -0.2) is 0 Å². The molecule has 0 saturated carbocycles. The molecule has 1 radical (unpaired) electrons. The Bertz CT molecular complexity index is 399. The zero-order chi connectivity index (χ0) is 30.4. The SMILES string of the molecule is [CH2]C(CCCCCCCCCCCCCCCCCCCC)CCCCCCCCCCCCCCCCCCCC. The molecule has 0 bridgehead atoms. The van der Waals surface area contributed by atoms with Gasteiger partial charge in [-0.05, 0) is 5.92 Å². The van der Waals surface area contributed by atoms with Crippen molar-refractivity contribution in [1.29, 1.82) is 0 Å². The lowest BCUT2D eigenvalue weighted by Gasteiger charge is -2.11. The molecule has 0 fully saturated rings. The van der Waals surface area contributed by atoms with Gasteiger partial charge in [0.25, 0.3) is 0 Å². The summed E-state index contributed by atoms with van der Waals surface area (Å²) in [5.41, 5.74) is 0. The monoisotopic (exact) mass is 590 g/mol. The summed E-state index contributed by atoms with van der Waals surface area (Å²) in [5.74, 6) is 0.715. The quantitative estimate of drug-likeness (QED) is 0.0628. The molecule has 0 heterocycles. The average molecular weight is 590 g/mol. The Morgan fingerprint density at radius 1 is 0.238 bits per heavy atom. The van der Waals surface area contributed by atoms with E-state index in [1.165, 1.54) is 244 Å². The van der Waals surface area contributed by atoms with Gasteiger partial charge >= 0.3 is 0 Å². The standard InChI is InChI=1S/C42H85/c1-4-6-8-10-12-14-16-18-20-22-24-26-28-30-32-34-36-38-40-42(3)41-39-37-35-33-31-29-27-25-23-21-19-17-15-13-11-9-7-5-2/h42H,3-41H2,1-2H3. The van der Waals surface area contributed by atoms with Gasteiger partial charge in [-0.1, -0.05) is 265 Å². The zero-order valence-electron chi connectivity index (χ0n) is 30.2. The molecule has 0 unspecified atom stereocenters. The van der Waals surface area contributed by atoms with Crippen LogP contribution in [0.15, 0.2) is 0 Å². The maximum atomic E-state index is 4.47. The maximum Gasteiger partial charge on any atom is -0.0414 e. The van der Waals surface area contributed by atoms with Gasteiger partial charge in [0.05, 0.1) is 0 Å². The summed E-state index contributed by atoms with van der Waals surface area (Å²) >= 11 is 0. The van der Waals surface area contributed by atoms with E-state index in [0.29, 0.717) is 5.92 Å². The van der Waals surface area contributed by atoms with E-state index in [9.17, 15) is 0 Å². The molecule has 0 aromatic heterocycles. The summed E-state index contributed by atoms with van der Waals surface area (Å²) in [6, 6.07) is 0. The van der Waals surface area contributed by atoms with E-state index in [4.69, 9.17) is 0 Å².